The average molecular weight is 414 g/mol. The fourth-order valence-corrected chi connectivity index (χ4v) is 3.62. The van der Waals surface area contributed by atoms with Crippen LogP contribution in [0.2, 0.25) is 0 Å². The molecule has 0 aromatic heterocycles. The van der Waals surface area contributed by atoms with Gasteiger partial charge in [0.15, 0.2) is 0 Å². The molecule has 0 fully saturated rings. The van der Waals surface area contributed by atoms with Crippen molar-refractivity contribution in [2.45, 2.75) is 4.90 Å². The van der Waals surface area contributed by atoms with Crippen molar-refractivity contribution in [2.24, 2.45) is 0 Å². The highest BCUT2D eigenvalue weighted by Gasteiger charge is 2.18. The molecule has 2 N–H and O–H groups in total. The van der Waals surface area contributed by atoms with E-state index >= 15 is 0 Å². The Balaban J connectivity index is 1.62. The molecular weight excluding hydrogens is 395 g/mol. The second-order valence-electron chi connectivity index (χ2n) is 6.03. The minimum Gasteiger partial charge on any atom is -0.492 e. The summed E-state index contributed by atoms with van der Waals surface area (Å²) in [4.78, 5) is 12.2. The molecule has 0 saturated carbocycles. The first-order valence-electron chi connectivity index (χ1n) is 8.79. The molecule has 0 spiro atoms. The predicted molar refractivity (Wildman–Crippen MR) is 108 cm³/mol. The average Bonchev–Trinajstić information content (AvgIpc) is 2.73. The van der Waals surface area contributed by atoms with Crippen molar-refractivity contribution in [1.82, 2.24) is 5.32 Å². The summed E-state index contributed by atoms with van der Waals surface area (Å²) in [5.41, 5.74) is 0.00142. The summed E-state index contributed by atoms with van der Waals surface area (Å²) in [7, 11) is -4.05. The Hall–Kier alpha value is -3.39. The minimum absolute atomic E-state index is 0.145. The van der Waals surface area contributed by atoms with E-state index in [4.69, 9.17) is 4.74 Å². The topological polar surface area (TPSA) is 84.5 Å². The molecule has 0 bridgehead atoms. The third kappa shape index (κ3) is 5.55. The Kier molecular flexibility index (Phi) is 6.46. The summed E-state index contributed by atoms with van der Waals surface area (Å²) in [5.74, 6) is -0.443. The standard InChI is InChI=1S/C21H19FN2O4S/c22-19-11-4-5-12-20(19)24-29(26,27)18-10-6-7-16(15-18)21(25)23-13-14-28-17-8-2-1-3-9-17/h1-12,15,24H,13-14H2,(H,23,25). The highest BCUT2D eigenvalue weighted by Crippen LogP contribution is 2.19. The molecule has 0 saturated heterocycles. The monoisotopic (exact) mass is 414 g/mol. The van der Waals surface area contributed by atoms with Crippen LogP contribution in [0.1, 0.15) is 10.4 Å². The van der Waals surface area contributed by atoms with Gasteiger partial charge in [0, 0.05) is 5.56 Å². The van der Waals surface area contributed by atoms with Gasteiger partial charge in [-0.15, -0.1) is 0 Å². The van der Waals surface area contributed by atoms with E-state index in [2.05, 4.69) is 10.0 Å². The molecule has 6 nitrogen and oxygen atoms in total. The molecule has 1 amide bonds. The first-order chi connectivity index (χ1) is 14.0. The van der Waals surface area contributed by atoms with Crippen molar-refractivity contribution in [3.05, 3.63) is 90.2 Å². The van der Waals surface area contributed by atoms with Crippen LogP contribution in [0.4, 0.5) is 10.1 Å². The summed E-state index contributed by atoms with van der Waals surface area (Å²) >= 11 is 0. The number of carbonyl (C=O) groups is 1. The zero-order valence-corrected chi connectivity index (χ0v) is 16.2. The van der Waals surface area contributed by atoms with Crippen LogP contribution in [-0.2, 0) is 10.0 Å². The molecular formula is C21H19FN2O4S. The summed E-state index contributed by atoms with van der Waals surface area (Å²) in [6, 6.07) is 20.1. The smallest absolute Gasteiger partial charge is 0.262 e. The Labute approximate surface area is 168 Å². The molecule has 0 aliphatic heterocycles. The molecule has 3 rings (SSSR count). The molecule has 0 heterocycles. The van der Waals surface area contributed by atoms with Gasteiger partial charge < -0.3 is 10.1 Å². The number of halogens is 1. The number of ether oxygens (including phenoxy) is 1. The van der Waals surface area contributed by atoms with Gasteiger partial charge in [-0.3, -0.25) is 9.52 Å². The lowest BCUT2D eigenvalue weighted by Gasteiger charge is -2.11. The Morgan fingerprint density at radius 3 is 2.41 bits per heavy atom. The van der Waals surface area contributed by atoms with Crippen LogP contribution in [-0.4, -0.2) is 27.5 Å². The second kappa shape index (κ2) is 9.20. The number of rotatable bonds is 8. The number of anilines is 1. The molecule has 0 radical (unpaired) electrons. The van der Waals surface area contributed by atoms with E-state index in [9.17, 15) is 17.6 Å². The van der Waals surface area contributed by atoms with Gasteiger partial charge in [0.2, 0.25) is 0 Å². The second-order valence-corrected chi connectivity index (χ2v) is 7.71. The van der Waals surface area contributed by atoms with Gasteiger partial charge in [0.1, 0.15) is 18.2 Å². The number of hydrogen-bond acceptors (Lipinski definition) is 4. The maximum atomic E-state index is 13.7. The van der Waals surface area contributed by atoms with E-state index in [0.717, 1.165) is 6.07 Å². The lowest BCUT2D eigenvalue weighted by atomic mass is 10.2. The number of carbonyl (C=O) groups excluding carboxylic acids is 1. The number of para-hydroxylation sites is 2. The van der Waals surface area contributed by atoms with E-state index in [1.54, 1.807) is 12.1 Å². The van der Waals surface area contributed by atoms with Gasteiger partial charge >= 0.3 is 0 Å². The molecule has 3 aromatic rings. The van der Waals surface area contributed by atoms with Gasteiger partial charge in [-0.25, -0.2) is 12.8 Å². The maximum absolute atomic E-state index is 13.7. The van der Waals surface area contributed by atoms with Gasteiger partial charge in [-0.05, 0) is 42.5 Å². The number of amides is 1. The van der Waals surface area contributed by atoms with Crippen LogP contribution in [0.5, 0.6) is 5.75 Å². The summed E-state index contributed by atoms with van der Waals surface area (Å²) in [6.07, 6.45) is 0. The van der Waals surface area contributed by atoms with Crippen molar-refractivity contribution in [1.29, 1.82) is 0 Å². The largest absolute Gasteiger partial charge is 0.492 e. The molecule has 0 aliphatic rings. The van der Waals surface area contributed by atoms with Gasteiger partial charge in [-0.2, -0.15) is 0 Å². The zero-order valence-electron chi connectivity index (χ0n) is 15.3. The van der Waals surface area contributed by atoms with Crippen LogP contribution in [0, 0.1) is 5.82 Å². The third-order valence-electron chi connectivity index (χ3n) is 3.92. The third-order valence-corrected chi connectivity index (χ3v) is 5.29. The van der Waals surface area contributed by atoms with Gasteiger partial charge in [0.25, 0.3) is 15.9 Å². The van der Waals surface area contributed by atoms with Crippen LogP contribution in [0.3, 0.4) is 0 Å². The van der Waals surface area contributed by atoms with E-state index in [1.165, 1.54) is 42.5 Å². The van der Waals surface area contributed by atoms with Crippen molar-refractivity contribution in [2.75, 3.05) is 17.9 Å². The minimum atomic E-state index is -4.05. The lowest BCUT2D eigenvalue weighted by molar-refractivity contribution is 0.0947. The number of hydrogen-bond donors (Lipinski definition) is 2. The number of sulfonamides is 1. The maximum Gasteiger partial charge on any atom is 0.262 e. The van der Waals surface area contributed by atoms with E-state index in [0.29, 0.717) is 5.75 Å². The van der Waals surface area contributed by atoms with E-state index < -0.39 is 21.7 Å². The van der Waals surface area contributed by atoms with Gasteiger partial charge in [0.05, 0.1) is 17.1 Å². The Morgan fingerprint density at radius 1 is 0.931 bits per heavy atom. The van der Waals surface area contributed by atoms with Crippen molar-refractivity contribution in [3.63, 3.8) is 0 Å². The summed E-state index contributed by atoms with van der Waals surface area (Å²) in [6.45, 7) is 0.515. The van der Waals surface area contributed by atoms with E-state index in [-0.39, 0.29) is 29.3 Å². The van der Waals surface area contributed by atoms with Crippen molar-refractivity contribution < 1.29 is 22.3 Å². The predicted octanol–water partition coefficient (Wildman–Crippen LogP) is 3.44. The molecule has 150 valence electrons. The summed E-state index contributed by atoms with van der Waals surface area (Å²) < 4.78 is 46.4. The van der Waals surface area contributed by atoms with Crippen LogP contribution < -0.4 is 14.8 Å². The molecule has 0 unspecified atom stereocenters. The first-order valence-corrected chi connectivity index (χ1v) is 10.3. The fraction of sp³-hybridized carbons (Fsp3) is 0.0952. The van der Waals surface area contributed by atoms with Crippen LogP contribution in [0.25, 0.3) is 0 Å². The van der Waals surface area contributed by atoms with Crippen LogP contribution >= 0.6 is 0 Å². The SMILES string of the molecule is O=C(NCCOc1ccccc1)c1cccc(S(=O)(=O)Nc2ccccc2F)c1. The number of nitrogens with one attached hydrogen (secondary N) is 2. The van der Waals surface area contributed by atoms with Crippen molar-refractivity contribution >= 4 is 21.6 Å². The summed E-state index contributed by atoms with van der Waals surface area (Å²) in [5, 5.41) is 2.67. The molecule has 8 heteroatoms. The fourth-order valence-electron chi connectivity index (χ4n) is 2.50. The quantitative estimate of drug-likeness (QED) is 0.553. The first kappa shape index (κ1) is 20.3. The zero-order chi connectivity index (χ0) is 20.7. The lowest BCUT2D eigenvalue weighted by Crippen LogP contribution is -2.28. The normalized spacial score (nSPS) is 10.9. The van der Waals surface area contributed by atoms with Crippen molar-refractivity contribution in [3.8, 4) is 5.75 Å². The molecule has 0 aliphatic carbocycles. The molecule has 0 atom stereocenters. The van der Waals surface area contributed by atoms with Crippen LogP contribution in [0.15, 0.2) is 83.8 Å². The number of benzene rings is 3. The Bertz CT molecular complexity index is 1090. The highest BCUT2D eigenvalue weighted by atomic mass is 32.2. The van der Waals surface area contributed by atoms with E-state index in [1.807, 2.05) is 18.2 Å². The molecule has 29 heavy (non-hydrogen) atoms. The highest BCUT2D eigenvalue weighted by molar-refractivity contribution is 7.92. The Morgan fingerprint density at radius 2 is 1.66 bits per heavy atom. The van der Waals surface area contributed by atoms with Gasteiger partial charge in [-0.1, -0.05) is 36.4 Å². The molecule has 3 aromatic carbocycles.